The zero-order valence-electron chi connectivity index (χ0n) is 18.3. The van der Waals surface area contributed by atoms with Crippen LogP contribution in [0.5, 0.6) is 5.75 Å². The quantitative estimate of drug-likeness (QED) is 0.533. The second-order valence-electron chi connectivity index (χ2n) is 8.47. The van der Waals surface area contributed by atoms with Crippen LogP contribution in [0, 0.1) is 11.7 Å². The molecule has 34 heavy (non-hydrogen) atoms. The Hall–Kier alpha value is -4.08. The number of rotatable bonds is 5. The van der Waals surface area contributed by atoms with Crippen molar-refractivity contribution < 1.29 is 23.9 Å². The molecule has 1 aliphatic heterocycles. The lowest BCUT2D eigenvalue weighted by Crippen LogP contribution is -2.38. The number of nitrogens with zero attached hydrogens (tertiary/aromatic N) is 3. The van der Waals surface area contributed by atoms with Crippen LogP contribution in [0.25, 0.3) is 10.9 Å². The van der Waals surface area contributed by atoms with Crippen LogP contribution in [0.1, 0.15) is 45.7 Å². The van der Waals surface area contributed by atoms with Crippen LogP contribution in [0.4, 0.5) is 10.2 Å². The molecule has 5 rings (SSSR count). The zero-order valence-corrected chi connectivity index (χ0v) is 18.3. The Kier molecular flexibility index (Phi) is 5.35. The molecule has 2 bridgehead atoms. The monoisotopic (exact) mass is 463 g/mol. The van der Waals surface area contributed by atoms with Gasteiger partial charge in [-0.3, -0.25) is 24.3 Å². The Bertz CT molecular complexity index is 1340. The van der Waals surface area contributed by atoms with Crippen LogP contribution in [0.3, 0.4) is 0 Å². The Morgan fingerprint density at radius 3 is 2.79 bits per heavy atom. The van der Waals surface area contributed by atoms with Crippen molar-refractivity contribution in [3.8, 4) is 5.75 Å². The van der Waals surface area contributed by atoms with Crippen LogP contribution in [0.2, 0.25) is 0 Å². The molecule has 3 amide bonds. The molecule has 2 aliphatic rings. The number of anilines is 1. The number of fused-ring (bicyclic) bond motifs is 3. The number of nitrogens with one attached hydrogen (secondary N) is 2. The van der Waals surface area contributed by atoms with Crippen molar-refractivity contribution in [2.24, 2.45) is 5.92 Å². The van der Waals surface area contributed by atoms with Crippen molar-refractivity contribution >= 4 is 34.4 Å². The molecule has 1 saturated heterocycles. The van der Waals surface area contributed by atoms with E-state index >= 15 is 0 Å². The Balaban J connectivity index is 1.50. The van der Waals surface area contributed by atoms with E-state index in [0.717, 1.165) is 25.3 Å². The van der Waals surface area contributed by atoms with Gasteiger partial charge in [-0.05, 0) is 49.1 Å². The molecule has 1 aliphatic carbocycles. The smallest absolute Gasteiger partial charge is 0.274 e. The van der Waals surface area contributed by atoms with Crippen molar-refractivity contribution in [1.29, 1.82) is 0 Å². The number of carbonyl (C=O) groups excluding carboxylic acids is 3. The van der Waals surface area contributed by atoms with E-state index in [9.17, 15) is 23.9 Å². The van der Waals surface area contributed by atoms with E-state index in [1.54, 1.807) is 17.0 Å². The Labute approximate surface area is 194 Å². The summed E-state index contributed by atoms with van der Waals surface area (Å²) < 4.78 is 13.6. The first kappa shape index (κ1) is 21.7. The molecule has 2 atom stereocenters. The van der Waals surface area contributed by atoms with Gasteiger partial charge in [-0.1, -0.05) is 6.07 Å². The summed E-state index contributed by atoms with van der Waals surface area (Å²) in [6, 6.07) is 7.07. The standard InChI is InChI=1S/C24H22FN5O4/c1-26-22(32)17-10-14(25)6-4-13(17)11-28-23(33)19-20(31)18-16(3-2-8-27-18)21(29-19)30-15-7-5-12(9-15)24(30)34/h2-4,6,8,10,12,15,31H,5,7,9,11H2,1H3,(H,26,32)(H,28,33)/t12-,15+/m0/s1. The zero-order chi connectivity index (χ0) is 24.0. The van der Waals surface area contributed by atoms with Crippen molar-refractivity contribution in [3.05, 3.63) is 59.2 Å². The van der Waals surface area contributed by atoms with Gasteiger partial charge in [-0.2, -0.15) is 0 Å². The van der Waals surface area contributed by atoms with Crippen LogP contribution in [-0.2, 0) is 11.3 Å². The maximum absolute atomic E-state index is 13.6. The minimum atomic E-state index is -0.713. The second kappa shape index (κ2) is 8.36. The van der Waals surface area contributed by atoms with Crippen molar-refractivity contribution in [1.82, 2.24) is 20.6 Å². The van der Waals surface area contributed by atoms with E-state index in [0.29, 0.717) is 16.8 Å². The minimum Gasteiger partial charge on any atom is -0.504 e. The fourth-order valence-corrected chi connectivity index (χ4v) is 4.83. The number of halogens is 1. The number of hydrogen-bond donors (Lipinski definition) is 3. The predicted octanol–water partition coefficient (Wildman–Crippen LogP) is 2.28. The Morgan fingerprint density at radius 2 is 2.06 bits per heavy atom. The summed E-state index contributed by atoms with van der Waals surface area (Å²) in [7, 11) is 1.42. The predicted molar refractivity (Wildman–Crippen MR) is 121 cm³/mol. The van der Waals surface area contributed by atoms with E-state index in [4.69, 9.17) is 0 Å². The normalized spacial score (nSPS) is 19.0. The third-order valence-corrected chi connectivity index (χ3v) is 6.50. The molecule has 3 heterocycles. The fraction of sp³-hybridized carbons (Fsp3) is 0.292. The van der Waals surface area contributed by atoms with Crippen LogP contribution in [0.15, 0.2) is 36.5 Å². The van der Waals surface area contributed by atoms with Crippen molar-refractivity contribution in [2.45, 2.75) is 31.8 Å². The Morgan fingerprint density at radius 1 is 1.24 bits per heavy atom. The summed E-state index contributed by atoms with van der Waals surface area (Å²) in [5.74, 6) is -1.98. The lowest BCUT2D eigenvalue weighted by atomic mass is 10.1. The first-order valence-electron chi connectivity index (χ1n) is 11.0. The first-order chi connectivity index (χ1) is 16.4. The molecule has 2 fully saturated rings. The number of aromatic hydroxyl groups is 1. The molecule has 0 radical (unpaired) electrons. The largest absolute Gasteiger partial charge is 0.504 e. The molecule has 1 aromatic carbocycles. The topological polar surface area (TPSA) is 125 Å². The van der Waals surface area contributed by atoms with Gasteiger partial charge in [0.05, 0.1) is 0 Å². The third-order valence-electron chi connectivity index (χ3n) is 6.50. The second-order valence-corrected chi connectivity index (χ2v) is 8.47. The number of hydrogen-bond acceptors (Lipinski definition) is 6. The van der Waals surface area contributed by atoms with E-state index in [1.165, 1.54) is 25.4 Å². The van der Waals surface area contributed by atoms with Gasteiger partial charge in [0.15, 0.2) is 11.4 Å². The lowest BCUT2D eigenvalue weighted by Gasteiger charge is -2.27. The van der Waals surface area contributed by atoms with Crippen LogP contribution in [-0.4, -0.2) is 45.9 Å². The molecule has 174 valence electrons. The summed E-state index contributed by atoms with van der Waals surface area (Å²) >= 11 is 0. The summed E-state index contributed by atoms with van der Waals surface area (Å²) in [4.78, 5) is 48.3. The fourth-order valence-electron chi connectivity index (χ4n) is 4.83. The summed E-state index contributed by atoms with van der Waals surface area (Å²) in [5, 5.41) is 16.3. The highest BCUT2D eigenvalue weighted by molar-refractivity contribution is 6.09. The van der Waals surface area contributed by atoms with Gasteiger partial charge in [0, 0.05) is 42.7 Å². The highest BCUT2D eigenvalue weighted by atomic mass is 19.1. The number of benzene rings is 1. The molecule has 1 saturated carbocycles. The number of aromatic nitrogens is 2. The van der Waals surface area contributed by atoms with Gasteiger partial charge >= 0.3 is 0 Å². The highest BCUT2D eigenvalue weighted by Crippen LogP contribution is 2.43. The van der Waals surface area contributed by atoms with E-state index in [2.05, 4.69) is 20.6 Å². The van der Waals surface area contributed by atoms with Gasteiger partial charge in [-0.25, -0.2) is 9.37 Å². The van der Waals surface area contributed by atoms with Crippen molar-refractivity contribution in [2.75, 3.05) is 11.9 Å². The van der Waals surface area contributed by atoms with Crippen molar-refractivity contribution in [3.63, 3.8) is 0 Å². The molecule has 9 nitrogen and oxygen atoms in total. The van der Waals surface area contributed by atoms with Gasteiger partial charge in [0.2, 0.25) is 5.91 Å². The highest BCUT2D eigenvalue weighted by Gasteiger charge is 2.46. The first-order valence-corrected chi connectivity index (χ1v) is 11.0. The van der Waals surface area contributed by atoms with Crippen LogP contribution < -0.4 is 15.5 Å². The van der Waals surface area contributed by atoms with Gasteiger partial charge in [0.1, 0.15) is 17.2 Å². The third kappa shape index (κ3) is 3.51. The minimum absolute atomic E-state index is 0.00295. The molecular weight excluding hydrogens is 441 g/mol. The van der Waals surface area contributed by atoms with Gasteiger partial charge < -0.3 is 15.7 Å². The molecule has 0 spiro atoms. The molecule has 3 aromatic rings. The summed E-state index contributed by atoms with van der Waals surface area (Å²) in [5.41, 5.74) is 0.362. The molecule has 10 heteroatoms. The average Bonchev–Trinajstić information content (AvgIpc) is 3.45. The van der Waals surface area contributed by atoms with E-state index in [-0.39, 0.29) is 41.2 Å². The van der Waals surface area contributed by atoms with E-state index in [1.807, 2.05) is 0 Å². The lowest BCUT2D eigenvalue weighted by molar-refractivity contribution is -0.121. The maximum atomic E-state index is 13.6. The summed E-state index contributed by atoms with van der Waals surface area (Å²) in [6.07, 6.45) is 3.93. The summed E-state index contributed by atoms with van der Waals surface area (Å²) in [6.45, 7) is -0.105. The van der Waals surface area contributed by atoms with Crippen LogP contribution >= 0.6 is 0 Å². The maximum Gasteiger partial charge on any atom is 0.274 e. The molecule has 2 aromatic heterocycles. The number of piperidine rings is 1. The number of carbonyl (C=O) groups is 3. The van der Waals surface area contributed by atoms with E-state index < -0.39 is 23.4 Å². The number of pyridine rings is 2. The SMILES string of the molecule is CNC(=O)c1cc(F)ccc1CNC(=O)c1nc(N2C(=O)[C@H]3CC[C@@H]2C3)c2cccnc2c1O. The molecule has 3 N–H and O–H groups in total. The molecular formula is C24H22FN5O4. The number of amides is 3. The van der Waals surface area contributed by atoms with Gasteiger partial charge in [0.25, 0.3) is 11.8 Å². The molecule has 0 unspecified atom stereocenters. The van der Waals surface area contributed by atoms with Gasteiger partial charge in [-0.15, -0.1) is 0 Å². The average molecular weight is 463 g/mol.